The number of hydrogen-bond acceptors (Lipinski definition) is 12. The molecular formula is C54H59ClF3N7O7S3. The van der Waals surface area contributed by atoms with Gasteiger partial charge in [-0.1, -0.05) is 54.1 Å². The lowest BCUT2D eigenvalue weighted by Crippen LogP contribution is -2.61. The standard InChI is InChI=1S/C54H59ClF3N7O7S3/c1-36-48(51(66)65-34-53(3,68)35-65)49(50(61(36)4)37-13-15-39(55)16-14-37)38-9-8-10-43(29-38)64-27-25-63(26-28-64)42-19-17-40(18-20-42)60-75(71,72)45-21-22-46(47(30-45)74(69,70)54(56,57)58)59-41(23-24-62-32-52(2,67)33-62)31-73-44-11-6-5-7-12-44/h5-22,29-30,41,59-60,67-68H,23-28,31-35H2,1-4H3/t41-/m1/s1. The van der Waals surface area contributed by atoms with Crippen LogP contribution in [0.2, 0.25) is 5.02 Å². The fourth-order valence-corrected chi connectivity index (χ4v) is 13.3. The SMILES string of the molecule is Cc1c(C(=O)N2CC(C)(O)C2)c(-c2cccc(N3CCN(c4ccc(NS(=O)(=O)c5ccc(N[C@H](CCN6CC(C)(O)C6)CSc6ccccc6)c(S(=O)(=O)C(F)(F)F)c5)cc4)CC3)c2)c(-c2ccc(Cl)cc2)n1C. The lowest BCUT2D eigenvalue weighted by Gasteiger charge is -2.44. The number of nitrogens with one attached hydrogen (secondary N) is 2. The summed E-state index contributed by atoms with van der Waals surface area (Å²) in [6.07, 6.45) is 0.390. The fraction of sp³-hybridized carbons (Fsp3) is 0.352. The molecule has 0 spiro atoms. The molecule has 3 aliphatic rings. The summed E-state index contributed by atoms with van der Waals surface area (Å²) in [5.74, 6) is 0.195. The van der Waals surface area contributed by atoms with Gasteiger partial charge in [0, 0.05) is 103 Å². The number of amides is 1. The Morgan fingerprint density at radius 1 is 0.773 bits per heavy atom. The summed E-state index contributed by atoms with van der Waals surface area (Å²) in [4.78, 5) is 21.3. The van der Waals surface area contributed by atoms with Gasteiger partial charge in [-0.2, -0.15) is 13.2 Å². The van der Waals surface area contributed by atoms with Crippen LogP contribution in [0.5, 0.6) is 0 Å². The van der Waals surface area contributed by atoms with Gasteiger partial charge < -0.3 is 34.8 Å². The quantitative estimate of drug-likeness (QED) is 0.0642. The first-order valence-electron chi connectivity index (χ1n) is 24.4. The highest BCUT2D eigenvalue weighted by Crippen LogP contribution is 2.42. The van der Waals surface area contributed by atoms with E-state index in [2.05, 4.69) is 25.9 Å². The predicted molar refractivity (Wildman–Crippen MR) is 290 cm³/mol. The second-order valence-corrected chi connectivity index (χ2v) is 25.3. The molecule has 5 aromatic carbocycles. The van der Waals surface area contributed by atoms with Gasteiger partial charge in [0.15, 0.2) is 0 Å². The third kappa shape index (κ3) is 11.8. The third-order valence-corrected chi connectivity index (χ3v) is 18.3. The van der Waals surface area contributed by atoms with E-state index in [1.165, 1.54) is 11.8 Å². The van der Waals surface area contributed by atoms with E-state index in [9.17, 15) is 45.0 Å². The van der Waals surface area contributed by atoms with E-state index < -0.39 is 52.4 Å². The topological polar surface area (TPSA) is 168 Å². The number of thioether (sulfide) groups is 1. The molecule has 0 bridgehead atoms. The number of sulfone groups is 1. The molecule has 1 aromatic heterocycles. The number of hydrogen-bond donors (Lipinski definition) is 4. The van der Waals surface area contributed by atoms with E-state index in [1.54, 1.807) is 43.0 Å². The van der Waals surface area contributed by atoms with Gasteiger partial charge in [0.05, 0.1) is 46.1 Å². The number of likely N-dealkylation sites (tertiary alicyclic amines) is 2. The molecule has 4 heterocycles. The maximum absolute atomic E-state index is 14.3. The van der Waals surface area contributed by atoms with Gasteiger partial charge >= 0.3 is 5.51 Å². The van der Waals surface area contributed by atoms with E-state index in [4.69, 9.17) is 11.6 Å². The van der Waals surface area contributed by atoms with Crippen molar-refractivity contribution in [2.45, 2.75) is 64.6 Å². The van der Waals surface area contributed by atoms with E-state index in [-0.39, 0.29) is 30.4 Å². The number of halogens is 4. The molecule has 6 aromatic rings. The Hall–Kier alpha value is -5.74. The molecule has 0 radical (unpaired) electrons. The van der Waals surface area contributed by atoms with Gasteiger partial charge in [-0.05, 0) is 117 Å². The lowest BCUT2D eigenvalue weighted by atomic mass is 9.92. The van der Waals surface area contributed by atoms with Crippen molar-refractivity contribution in [1.82, 2.24) is 14.4 Å². The molecule has 1 atom stereocenters. The predicted octanol–water partition coefficient (Wildman–Crippen LogP) is 8.98. The molecule has 4 N–H and O–H groups in total. The Morgan fingerprint density at radius 3 is 2.01 bits per heavy atom. The molecule has 9 rings (SSSR count). The maximum atomic E-state index is 14.3. The number of nitrogens with zero attached hydrogens (tertiary/aromatic N) is 5. The zero-order chi connectivity index (χ0) is 53.7. The highest BCUT2D eigenvalue weighted by Gasteiger charge is 2.49. The normalized spacial score (nSPS) is 17.3. The molecule has 75 heavy (non-hydrogen) atoms. The van der Waals surface area contributed by atoms with Crippen molar-refractivity contribution in [3.63, 3.8) is 0 Å². The number of rotatable bonds is 17. The van der Waals surface area contributed by atoms with E-state index >= 15 is 0 Å². The summed E-state index contributed by atoms with van der Waals surface area (Å²) in [5.41, 5.74) is -1.24. The molecular weight excluding hydrogens is 1050 g/mol. The molecule has 3 saturated heterocycles. The van der Waals surface area contributed by atoms with Gasteiger partial charge in [-0.3, -0.25) is 14.4 Å². The summed E-state index contributed by atoms with van der Waals surface area (Å²) in [5, 5.41) is 24.3. The van der Waals surface area contributed by atoms with E-state index in [1.807, 2.05) is 96.2 Å². The Bertz CT molecular complexity index is 3280. The Balaban J connectivity index is 0.893. The van der Waals surface area contributed by atoms with Crippen molar-refractivity contribution in [3.8, 4) is 22.4 Å². The molecule has 0 saturated carbocycles. The van der Waals surface area contributed by atoms with Crippen LogP contribution in [0.3, 0.4) is 0 Å². The summed E-state index contributed by atoms with van der Waals surface area (Å²) in [6.45, 7) is 9.61. The third-order valence-electron chi connectivity index (χ3n) is 14.0. The zero-order valence-corrected chi connectivity index (χ0v) is 45.0. The first-order chi connectivity index (χ1) is 35.4. The van der Waals surface area contributed by atoms with Crippen LogP contribution in [0.4, 0.5) is 35.9 Å². The Labute approximate surface area is 445 Å². The molecule has 3 aliphatic heterocycles. The number of carbonyl (C=O) groups is 1. The smallest absolute Gasteiger partial charge is 0.388 e. The minimum absolute atomic E-state index is 0.117. The second kappa shape index (κ2) is 21.0. The van der Waals surface area contributed by atoms with Gasteiger partial charge in [0.25, 0.3) is 25.8 Å². The number of benzene rings is 5. The van der Waals surface area contributed by atoms with Gasteiger partial charge in [-0.25, -0.2) is 16.8 Å². The number of β-amino-alcohol motifs (C(OH)–C–C–N with tert-alkyl or cyclic N) is 2. The van der Waals surface area contributed by atoms with Gasteiger partial charge in [-0.15, -0.1) is 11.8 Å². The van der Waals surface area contributed by atoms with Crippen LogP contribution in [0.1, 0.15) is 36.3 Å². The molecule has 398 valence electrons. The van der Waals surface area contributed by atoms with Crippen molar-refractivity contribution >= 4 is 71.9 Å². The first-order valence-corrected chi connectivity index (χ1v) is 28.8. The summed E-state index contributed by atoms with van der Waals surface area (Å²) in [6, 6.07) is 33.6. The Kier molecular flexibility index (Phi) is 15.1. The number of aromatic nitrogens is 1. The highest BCUT2D eigenvalue weighted by molar-refractivity contribution is 7.99. The van der Waals surface area contributed by atoms with Crippen molar-refractivity contribution in [1.29, 1.82) is 0 Å². The van der Waals surface area contributed by atoms with E-state index in [0.717, 1.165) is 56.5 Å². The second-order valence-electron chi connectivity index (χ2n) is 20.2. The van der Waals surface area contributed by atoms with Crippen LogP contribution >= 0.6 is 23.4 Å². The monoisotopic (exact) mass is 1110 g/mol. The molecule has 14 nitrogen and oxygen atoms in total. The van der Waals surface area contributed by atoms with Crippen LogP contribution in [-0.4, -0.2) is 135 Å². The van der Waals surface area contributed by atoms with Crippen molar-refractivity contribution < 1.29 is 45.0 Å². The molecule has 0 unspecified atom stereocenters. The average Bonchev–Trinajstić information content (AvgIpc) is 3.62. The Morgan fingerprint density at radius 2 is 1.40 bits per heavy atom. The highest BCUT2D eigenvalue weighted by atomic mass is 35.5. The molecule has 0 aliphatic carbocycles. The minimum atomic E-state index is -6.03. The van der Waals surface area contributed by atoms with E-state index in [0.29, 0.717) is 74.6 Å². The van der Waals surface area contributed by atoms with Crippen LogP contribution in [-0.2, 0) is 26.9 Å². The largest absolute Gasteiger partial charge is 0.501 e. The number of sulfonamides is 1. The maximum Gasteiger partial charge on any atom is 0.501 e. The van der Waals surface area contributed by atoms with Crippen molar-refractivity contribution in [3.05, 3.63) is 138 Å². The lowest BCUT2D eigenvalue weighted by molar-refractivity contribution is -0.0834. The van der Waals surface area contributed by atoms with Crippen molar-refractivity contribution in [2.75, 3.05) is 84.5 Å². The average molecular weight is 1110 g/mol. The number of anilines is 4. The fourth-order valence-electron chi connectivity index (χ4n) is 10.1. The molecule has 1 amide bonds. The minimum Gasteiger partial charge on any atom is -0.388 e. The number of piperazine rings is 1. The van der Waals surface area contributed by atoms with Crippen LogP contribution in [0.15, 0.2) is 136 Å². The van der Waals surface area contributed by atoms with Gasteiger partial charge in [0.1, 0.15) is 4.90 Å². The zero-order valence-electron chi connectivity index (χ0n) is 41.8. The molecule has 3 fully saturated rings. The van der Waals surface area contributed by atoms with Crippen LogP contribution < -0.4 is 19.8 Å². The number of carbonyl (C=O) groups excluding carboxylic acids is 1. The summed E-state index contributed by atoms with van der Waals surface area (Å²) < 4.78 is 101. The van der Waals surface area contributed by atoms with Crippen LogP contribution in [0, 0.1) is 6.92 Å². The number of aliphatic hydroxyl groups is 2. The van der Waals surface area contributed by atoms with Gasteiger partial charge in [0.2, 0.25) is 0 Å². The first kappa shape index (κ1) is 54.1. The number of alkyl halides is 3. The summed E-state index contributed by atoms with van der Waals surface area (Å²) in [7, 11) is -8.70. The van der Waals surface area contributed by atoms with Crippen molar-refractivity contribution in [2.24, 2.45) is 7.05 Å². The molecule has 21 heteroatoms. The van der Waals surface area contributed by atoms with Crippen LogP contribution in [0.25, 0.3) is 22.4 Å². The summed E-state index contributed by atoms with van der Waals surface area (Å²) >= 11 is 7.72.